The van der Waals surface area contributed by atoms with Crippen LogP contribution in [0.25, 0.3) is 11.1 Å². The molecule has 0 saturated carbocycles. The highest BCUT2D eigenvalue weighted by atomic mass is 16.7. The highest BCUT2D eigenvalue weighted by Gasteiger charge is 2.51. The van der Waals surface area contributed by atoms with Crippen LogP contribution in [-0.4, -0.2) is 37.3 Å². The quantitative estimate of drug-likeness (QED) is 0.768. The molecule has 1 heterocycles. The van der Waals surface area contributed by atoms with Gasteiger partial charge in [-0.2, -0.15) is 0 Å². The molecule has 138 valence electrons. The third-order valence-corrected chi connectivity index (χ3v) is 5.94. The zero-order valence-corrected chi connectivity index (χ0v) is 17.0. The van der Waals surface area contributed by atoms with Crippen molar-refractivity contribution < 1.29 is 9.31 Å². The SMILES string of the molecule is CC(c1ccc(-c2ccc(B3OC(C)(C)C(C)(C)O3)cc2)cc1)N(C)C. The molecule has 0 N–H and O–H groups in total. The third-order valence-electron chi connectivity index (χ3n) is 5.94. The van der Waals surface area contributed by atoms with Gasteiger partial charge in [-0.1, -0.05) is 48.5 Å². The third kappa shape index (κ3) is 3.59. The van der Waals surface area contributed by atoms with E-state index in [1.807, 2.05) is 0 Å². The molecular formula is C22H30BNO2. The zero-order valence-electron chi connectivity index (χ0n) is 17.0. The molecule has 1 fully saturated rings. The van der Waals surface area contributed by atoms with Crippen LogP contribution in [0.1, 0.15) is 46.2 Å². The lowest BCUT2D eigenvalue weighted by atomic mass is 9.78. The van der Waals surface area contributed by atoms with E-state index in [-0.39, 0.29) is 18.3 Å². The monoisotopic (exact) mass is 351 g/mol. The van der Waals surface area contributed by atoms with E-state index >= 15 is 0 Å². The summed E-state index contributed by atoms with van der Waals surface area (Å²) in [5.74, 6) is 0. The maximum atomic E-state index is 6.13. The Morgan fingerprint density at radius 2 is 1.19 bits per heavy atom. The molecule has 3 rings (SSSR count). The minimum atomic E-state index is -0.310. The van der Waals surface area contributed by atoms with E-state index < -0.39 is 0 Å². The first-order chi connectivity index (χ1) is 12.1. The van der Waals surface area contributed by atoms with Crippen molar-refractivity contribution >= 4 is 12.6 Å². The van der Waals surface area contributed by atoms with Gasteiger partial charge in [0.1, 0.15) is 0 Å². The predicted molar refractivity (Wildman–Crippen MR) is 110 cm³/mol. The van der Waals surface area contributed by atoms with Crippen molar-refractivity contribution in [3.05, 3.63) is 54.1 Å². The summed E-state index contributed by atoms with van der Waals surface area (Å²) in [6, 6.07) is 17.7. The van der Waals surface area contributed by atoms with E-state index in [0.717, 1.165) is 5.46 Å². The molecule has 4 heteroatoms. The van der Waals surface area contributed by atoms with Crippen molar-refractivity contribution in [1.82, 2.24) is 4.90 Å². The summed E-state index contributed by atoms with van der Waals surface area (Å²) < 4.78 is 12.3. The molecule has 3 nitrogen and oxygen atoms in total. The van der Waals surface area contributed by atoms with E-state index in [1.165, 1.54) is 16.7 Å². The van der Waals surface area contributed by atoms with Crippen molar-refractivity contribution in [3.8, 4) is 11.1 Å². The maximum absolute atomic E-state index is 6.13. The predicted octanol–water partition coefficient (Wildman–Crippen LogP) is 4.28. The first-order valence-corrected chi connectivity index (χ1v) is 9.33. The van der Waals surface area contributed by atoms with Crippen LogP contribution in [0.2, 0.25) is 0 Å². The van der Waals surface area contributed by atoms with Crippen molar-refractivity contribution in [2.45, 2.75) is 51.9 Å². The Balaban J connectivity index is 1.76. The van der Waals surface area contributed by atoms with Gasteiger partial charge in [-0.05, 0) is 70.9 Å². The lowest BCUT2D eigenvalue weighted by molar-refractivity contribution is 0.00578. The lowest BCUT2D eigenvalue weighted by Gasteiger charge is -2.32. The molecule has 26 heavy (non-hydrogen) atoms. The smallest absolute Gasteiger partial charge is 0.399 e. The van der Waals surface area contributed by atoms with Crippen LogP contribution in [0.3, 0.4) is 0 Å². The molecule has 2 aromatic carbocycles. The molecule has 0 spiro atoms. The van der Waals surface area contributed by atoms with Gasteiger partial charge in [0.15, 0.2) is 0 Å². The Bertz CT molecular complexity index is 735. The highest BCUT2D eigenvalue weighted by Crippen LogP contribution is 2.36. The van der Waals surface area contributed by atoms with E-state index in [1.54, 1.807) is 0 Å². The molecule has 0 radical (unpaired) electrons. The lowest BCUT2D eigenvalue weighted by Crippen LogP contribution is -2.41. The molecular weight excluding hydrogens is 321 g/mol. The minimum Gasteiger partial charge on any atom is -0.399 e. The molecule has 1 saturated heterocycles. The zero-order chi connectivity index (χ0) is 19.1. The Labute approximate surface area is 158 Å². The summed E-state index contributed by atoms with van der Waals surface area (Å²) >= 11 is 0. The summed E-state index contributed by atoms with van der Waals surface area (Å²) in [7, 11) is 3.90. The fraction of sp³-hybridized carbons (Fsp3) is 0.455. The molecule has 1 aliphatic heterocycles. The van der Waals surface area contributed by atoms with Crippen molar-refractivity contribution in [3.63, 3.8) is 0 Å². The van der Waals surface area contributed by atoms with Gasteiger partial charge in [0.2, 0.25) is 0 Å². The van der Waals surface area contributed by atoms with Crippen LogP contribution in [0.5, 0.6) is 0 Å². The normalized spacial score (nSPS) is 19.8. The standard InChI is InChI=1S/C22H30BNO2/c1-16(24(6)7)17-8-10-18(11-9-17)19-12-14-20(15-13-19)23-25-21(2,3)22(4,5)26-23/h8-16H,1-7H3. The topological polar surface area (TPSA) is 21.7 Å². The molecule has 0 aromatic heterocycles. The number of rotatable bonds is 4. The Morgan fingerprint density at radius 3 is 1.62 bits per heavy atom. The second kappa shape index (κ2) is 6.84. The van der Waals surface area contributed by atoms with Crippen LogP contribution in [0.15, 0.2) is 48.5 Å². The van der Waals surface area contributed by atoms with Crippen LogP contribution >= 0.6 is 0 Å². The van der Waals surface area contributed by atoms with Crippen LogP contribution in [0, 0.1) is 0 Å². The maximum Gasteiger partial charge on any atom is 0.494 e. The van der Waals surface area contributed by atoms with Gasteiger partial charge >= 0.3 is 7.12 Å². The highest BCUT2D eigenvalue weighted by molar-refractivity contribution is 6.62. The number of hydrogen-bond acceptors (Lipinski definition) is 3. The first kappa shape index (κ1) is 19.2. The van der Waals surface area contributed by atoms with E-state index in [4.69, 9.17) is 9.31 Å². The molecule has 1 atom stereocenters. The van der Waals surface area contributed by atoms with Gasteiger partial charge in [0.05, 0.1) is 11.2 Å². The Hall–Kier alpha value is -1.62. The van der Waals surface area contributed by atoms with Crippen molar-refractivity contribution in [2.75, 3.05) is 14.1 Å². The van der Waals surface area contributed by atoms with Crippen LogP contribution < -0.4 is 5.46 Å². The summed E-state index contributed by atoms with van der Waals surface area (Å²) in [5, 5.41) is 0. The molecule has 0 aliphatic carbocycles. The fourth-order valence-corrected chi connectivity index (χ4v) is 3.06. The fourth-order valence-electron chi connectivity index (χ4n) is 3.06. The molecule has 0 amide bonds. The second-order valence-electron chi connectivity index (χ2n) is 8.47. The average Bonchev–Trinajstić information content (AvgIpc) is 2.82. The van der Waals surface area contributed by atoms with Gasteiger partial charge in [-0.15, -0.1) is 0 Å². The van der Waals surface area contributed by atoms with Gasteiger partial charge < -0.3 is 14.2 Å². The van der Waals surface area contributed by atoms with Crippen LogP contribution in [-0.2, 0) is 9.31 Å². The summed E-state index contributed by atoms with van der Waals surface area (Å²) in [5.41, 5.74) is 4.19. The minimum absolute atomic E-state index is 0.308. The first-order valence-electron chi connectivity index (χ1n) is 9.33. The summed E-state index contributed by atoms with van der Waals surface area (Å²) in [6.07, 6.45) is 0. The summed E-state index contributed by atoms with van der Waals surface area (Å²) in [6.45, 7) is 10.5. The number of nitrogens with zero attached hydrogens (tertiary/aromatic N) is 1. The van der Waals surface area contributed by atoms with E-state index in [9.17, 15) is 0 Å². The Kier molecular flexibility index (Phi) is 5.04. The van der Waals surface area contributed by atoms with Crippen molar-refractivity contribution in [2.24, 2.45) is 0 Å². The second-order valence-corrected chi connectivity index (χ2v) is 8.47. The Morgan fingerprint density at radius 1 is 0.769 bits per heavy atom. The van der Waals surface area contributed by atoms with E-state index in [0.29, 0.717) is 6.04 Å². The summed E-state index contributed by atoms with van der Waals surface area (Å²) in [4.78, 5) is 2.22. The molecule has 1 aliphatic rings. The average molecular weight is 351 g/mol. The molecule has 0 bridgehead atoms. The van der Waals surface area contributed by atoms with E-state index in [2.05, 4.69) is 102 Å². The number of hydrogen-bond donors (Lipinski definition) is 0. The number of benzene rings is 2. The largest absolute Gasteiger partial charge is 0.494 e. The van der Waals surface area contributed by atoms with Gasteiger partial charge in [-0.25, -0.2) is 0 Å². The van der Waals surface area contributed by atoms with Gasteiger partial charge in [0, 0.05) is 6.04 Å². The molecule has 1 unspecified atom stereocenters. The van der Waals surface area contributed by atoms with Gasteiger partial charge in [0.25, 0.3) is 0 Å². The van der Waals surface area contributed by atoms with Crippen LogP contribution in [0.4, 0.5) is 0 Å². The van der Waals surface area contributed by atoms with Gasteiger partial charge in [-0.3, -0.25) is 0 Å². The van der Waals surface area contributed by atoms with Crippen molar-refractivity contribution in [1.29, 1.82) is 0 Å². The molecule has 2 aromatic rings.